The molecule has 0 radical (unpaired) electrons. The van der Waals surface area contributed by atoms with E-state index in [1.807, 2.05) is 38.1 Å². The number of nitrogens with zero attached hydrogens (tertiary/aromatic N) is 1. The van der Waals surface area contributed by atoms with Crippen LogP contribution in [0, 0.1) is 0 Å². The SMILES string of the molecule is CC(C)(O)c1ccccc1Nc1ccc2c(c1)C(C)(C)c1ccccc1N2c1ccccc1. The lowest BCUT2D eigenvalue weighted by Crippen LogP contribution is -2.30. The number of para-hydroxylation sites is 3. The lowest BCUT2D eigenvalue weighted by Gasteiger charge is -2.42. The molecule has 0 aromatic heterocycles. The van der Waals surface area contributed by atoms with Gasteiger partial charge in [0.2, 0.25) is 0 Å². The van der Waals surface area contributed by atoms with Crippen LogP contribution in [0.5, 0.6) is 0 Å². The average Bonchev–Trinajstić information content (AvgIpc) is 2.80. The normalized spacial score (nSPS) is 14.4. The van der Waals surface area contributed by atoms with Gasteiger partial charge in [-0.1, -0.05) is 68.4 Å². The molecule has 0 fully saturated rings. The van der Waals surface area contributed by atoms with Crippen LogP contribution in [0.3, 0.4) is 0 Å². The fraction of sp³-hybridized carbons (Fsp3) is 0.200. The molecule has 3 heteroatoms. The van der Waals surface area contributed by atoms with Crippen LogP contribution in [-0.2, 0) is 11.0 Å². The minimum absolute atomic E-state index is 0.162. The van der Waals surface area contributed by atoms with Crippen LogP contribution in [0.4, 0.5) is 28.4 Å². The van der Waals surface area contributed by atoms with Crippen LogP contribution >= 0.6 is 0 Å². The van der Waals surface area contributed by atoms with Gasteiger partial charge >= 0.3 is 0 Å². The highest BCUT2D eigenvalue weighted by atomic mass is 16.3. The number of nitrogens with one attached hydrogen (secondary N) is 1. The van der Waals surface area contributed by atoms with Crippen molar-refractivity contribution in [1.82, 2.24) is 0 Å². The summed E-state index contributed by atoms with van der Waals surface area (Å²) in [5.74, 6) is 0. The van der Waals surface area contributed by atoms with Crippen LogP contribution in [0.25, 0.3) is 0 Å². The molecule has 1 aliphatic heterocycles. The first-order valence-electron chi connectivity index (χ1n) is 11.4. The van der Waals surface area contributed by atoms with Gasteiger partial charge in [0.05, 0.1) is 17.0 Å². The van der Waals surface area contributed by atoms with Gasteiger partial charge in [-0.15, -0.1) is 0 Å². The van der Waals surface area contributed by atoms with Gasteiger partial charge in [0.15, 0.2) is 0 Å². The molecular weight excluding hydrogens is 404 g/mol. The van der Waals surface area contributed by atoms with Gasteiger partial charge in [-0.3, -0.25) is 0 Å². The summed E-state index contributed by atoms with van der Waals surface area (Å²) >= 11 is 0. The zero-order chi connectivity index (χ0) is 23.2. The minimum Gasteiger partial charge on any atom is -0.386 e. The highest BCUT2D eigenvalue weighted by Crippen LogP contribution is 2.52. The van der Waals surface area contributed by atoms with Crippen LogP contribution in [-0.4, -0.2) is 5.11 Å². The lowest BCUT2D eigenvalue weighted by molar-refractivity contribution is 0.0794. The van der Waals surface area contributed by atoms with E-state index in [4.69, 9.17) is 0 Å². The van der Waals surface area contributed by atoms with Gasteiger partial charge in [0.1, 0.15) is 0 Å². The van der Waals surface area contributed by atoms with Crippen molar-refractivity contribution < 1.29 is 5.11 Å². The van der Waals surface area contributed by atoms with Crippen LogP contribution in [0.2, 0.25) is 0 Å². The van der Waals surface area contributed by atoms with E-state index >= 15 is 0 Å². The third kappa shape index (κ3) is 3.69. The first-order chi connectivity index (χ1) is 15.8. The van der Waals surface area contributed by atoms with Crippen molar-refractivity contribution in [2.75, 3.05) is 10.2 Å². The Balaban J connectivity index is 1.65. The molecule has 1 aliphatic rings. The van der Waals surface area contributed by atoms with Crippen LogP contribution in [0.1, 0.15) is 44.4 Å². The third-order valence-corrected chi connectivity index (χ3v) is 6.61. The Bertz CT molecular complexity index is 1300. The number of hydrogen-bond acceptors (Lipinski definition) is 3. The Labute approximate surface area is 196 Å². The number of aliphatic hydroxyl groups is 1. The maximum atomic E-state index is 10.6. The number of anilines is 5. The van der Waals surface area contributed by atoms with Gasteiger partial charge in [-0.2, -0.15) is 0 Å². The number of hydrogen-bond donors (Lipinski definition) is 2. The van der Waals surface area contributed by atoms with Crippen molar-refractivity contribution >= 4 is 28.4 Å². The van der Waals surface area contributed by atoms with Gasteiger partial charge in [0.25, 0.3) is 0 Å². The molecule has 0 spiro atoms. The Hall–Kier alpha value is -3.56. The molecule has 0 saturated carbocycles. The van der Waals surface area contributed by atoms with E-state index < -0.39 is 5.60 Å². The first-order valence-corrected chi connectivity index (χ1v) is 11.4. The summed E-state index contributed by atoms with van der Waals surface area (Å²) in [6, 6.07) is 33.7. The quantitative estimate of drug-likeness (QED) is 0.344. The fourth-order valence-electron chi connectivity index (χ4n) is 4.92. The molecule has 2 N–H and O–H groups in total. The molecule has 5 rings (SSSR count). The highest BCUT2D eigenvalue weighted by Gasteiger charge is 2.36. The molecule has 1 heterocycles. The minimum atomic E-state index is -0.930. The van der Waals surface area contributed by atoms with E-state index in [9.17, 15) is 5.11 Å². The summed E-state index contributed by atoms with van der Waals surface area (Å²) in [6.45, 7) is 8.22. The van der Waals surface area contributed by atoms with Crippen LogP contribution in [0.15, 0.2) is 97.1 Å². The van der Waals surface area contributed by atoms with Crippen molar-refractivity contribution in [2.45, 2.75) is 38.7 Å². The zero-order valence-corrected chi connectivity index (χ0v) is 19.6. The second-order valence-electron chi connectivity index (χ2n) is 9.77. The second kappa shape index (κ2) is 7.79. The summed E-state index contributed by atoms with van der Waals surface area (Å²) < 4.78 is 0. The molecule has 166 valence electrons. The molecule has 0 amide bonds. The van der Waals surface area contributed by atoms with E-state index in [0.717, 1.165) is 22.6 Å². The molecule has 3 nitrogen and oxygen atoms in total. The van der Waals surface area contributed by atoms with Crippen LogP contribution < -0.4 is 10.2 Å². The average molecular weight is 435 g/mol. The van der Waals surface area contributed by atoms with E-state index in [0.29, 0.717) is 0 Å². The monoisotopic (exact) mass is 434 g/mol. The number of fused-ring (bicyclic) bond motifs is 2. The summed E-state index contributed by atoms with van der Waals surface area (Å²) in [7, 11) is 0. The van der Waals surface area contributed by atoms with Gasteiger partial charge < -0.3 is 15.3 Å². The highest BCUT2D eigenvalue weighted by molar-refractivity contribution is 5.87. The van der Waals surface area contributed by atoms with E-state index in [1.165, 1.54) is 22.5 Å². The Morgan fingerprint density at radius 2 is 1.36 bits per heavy atom. The standard InChI is InChI=1S/C30H30N2O/c1-29(2)24-15-9-11-17-27(24)32(22-12-6-5-7-13-22)28-19-18-21(20-25(28)29)31-26-16-10-8-14-23(26)30(3,4)33/h5-20,31,33H,1-4H3. The lowest BCUT2D eigenvalue weighted by atomic mass is 9.73. The zero-order valence-electron chi connectivity index (χ0n) is 19.6. The van der Waals surface area contributed by atoms with E-state index in [-0.39, 0.29) is 5.41 Å². The number of rotatable bonds is 4. The van der Waals surface area contributed by atoms with Crippen molar-refractivity contribution in [3.8, 4) is 0 Å². The Morgan fingerprint density at radius 3 is 2.12 bits per heavy atom. The molecule has 0 atom stereocenters. The largest absolute Gasteiger partial charge is 0.386 e. The third-order valence-electron chi connectivity index (χ3n) is 6.61. The Morgan fingerprint density at radius 1 is 0.727 bits per heavy atom. The fourth-order valence-corrected chi connectivity index (χ4v) is 4.92. The smallest absolute Gasteiger partial charge is 0.0860 e. The van der Waals surface area contributed by atoms with E-state index in [2.05, 4.69) is 96.9 Å². The Kier molecular flexibility index (Phi) is 5.02. The molecular formula is C30H30N2O. The molecule has 4 aromatic carbocycles. The molecule has 4 aromatic rings. The van der Waals surface area contributed by atoms with Crippen molar-refractivity contribution in [3.63, 3.8) is 0 Å². The maximum Gasteiger partial charge on any atom is 0.0860 e. The summed E-state index contributed by atoms with van der Waals surface area (Å²) in [5, 5.41) is 14.2. The van der Waals surface area contributed by atoms with Crippen molar-refractivity contribution in [3.05, 3.63) is 114 Å². The topological polar surface area (TPSA) is 35.5 Å². The second-order valence-corrected chi connectivity index (χ2v) is 9.77. The van der Waals surface area contributed by atoms with Gasteiger partial charge in [-0.25, -0.2) is 0 Å². The molecule has 0 aliphatic carbocycles. The van der Waals surface area contributed by atoms with Gasteiger partial charge in [0, 0.05) is 28.0 Å². The summed E-state index contributed by atoms with van der Waals surface area (Å²) in [4.78, 5) is 2.35. The van der Waals surface area contributed by atoms with Crippen molar-refractivity contribution in [1.29, 1.82) is 0 Å². The molecule has 0 unspecified atom stereocenters. The number of benzene rings is 4. The van der Waals surface area contributed by atoms with Gasteiger partial charge in [-0.05, 0) is 67.4 Å². The van der Waals surface area contributed by atoms with E-state index in [1.54, 1.807) is 0 Å². The summed E-state index contributed by atoms with van der Waals surface area (Å²) in [5.41, 5.74) is 7.81. The molecule has 0 bridgehead atoms. The predicted molar refractivity (Wildman–Crippen MR) is 138 cm³/mol. The van der Waals surface area contributed by atoms with Crippen molar-refractivity contribution in [2.24, 2.45) is 0 Å². The summed E-state index contributed by atoms with van der Waals surface area (Å²) in [6.07, 6.45) is 0. The maximum absolute atomic E-state index is 10.6. The predicted octanol–water partition coefficient (Wildman–Crippen LogP) is 7.77. The first kappa shape index (κ1) is 21.3. The molecule has 33 heavy (non-hydrogen) atoms. The molecule has 0 saturated heterocycles.